The molecule has 0 saturated carbocycles. The van der Waals surface area contributed by atoms with E-state index in [1.54, 1.807) is 0 Å². The first-order valence-electron chi connectivity index (χ1n) is 22.9. The van der Waals surface area contributed by atoms with E-state index in [-0.39, 0.29) is 5.41 Å². The van der Waals surface area contributed by atoms with E-state index in [1.165, 1.54) is 44.2 Å². The number of anilines is 3. The van der Waals surface area contributed by atoms with Gasteiger partial charge in [0.15, 0.2) is 0 Å². The van der Waals surface area contributed by atoms with E-state index in [4.69, 9.17) is 8.83 Å². The average molecular weight is 848 g/mol. The van der Waals surface area contributed by atoms with E-state index in [0.717, 1.165) is 77.6 Å². The zero-order valence-electron chi connectivity index (χ0n) is 37.0. The Bertz CT molecular complexity index is 3790. The Morgan fingerprint density at radius 2 is 0.970 bits per heavy atom. The first-order chi connectivity index (χ1) is 32.4. The molecule has 0 spiro atoms. The zero-order chi connectivity index (χ0) is 44.1. The second kappa shape index (κ2) is 14.4. The Balaban J connectivity index is 1.17. The van der Waals surface area contributed by atoms with Gasteiger partial charge in [0.2, 0.25) is 0 Å². The number of rotatable bonds is 6. The van der Waals surface area contributed by atoms with E-state index in [1.807, 2.05) is 0 Å². The van der Waals surface area contributed by atoms with Crippen LogP contribution in [0.3, 0.4) is 0 Å². The highest BCUT2D eigenvalue weighted by atomic mass is 16.3. The number of para-hydroxylation sites is 2. The Kier molecular flexibility index (Phi) is 8.38. The molecule has 3 heteroatoms. The first kappa shape index (κ1) is 38.3. The summed E-state index contributed by atoms with van der Waals surface area (Å²) in [5, 5.41) is 6.77. The highest BCUT2D eigenvalue weighted by Gasteiger charge is 2.49. The summed E-state index contributed by atoms with van der Waals surface area (Å²) in [6, 6.07) is 79.5. The minimum atomic E-state index is -0.734. The fraction of sp³-hybridized carbons (Fsp3) is 0.0794. The Morgan fingerprint density at radius 3 is 1.65 bits per heavy atom. The Morgan fingerprint density at radius 1 is 0.424 bits per heavy atom. The van der Waals surface area contributed by atoms with Gasteiger partial charge < -0.3 is 13.7 Å². The molecule has 1 aliphatic rings. The molecule has 0 saturated heterocycles. The molecule has 13 rings (SSSR count). The lowest BCUT2D eigenvalue weighted by Crippen LogP contribution is -2.28. The van der Waals surface area contributed by atoms with E-state index < -0.39 is 5.41 Å². The standard InChI is InChI=1S/C63H45NO2/c1-62(2,3)42-31-35-46(36-32-42)64(45-33-29-41(30-34-45)48-26-16-18-40-17-10-11-23-47(40)48)54-39-53-59(61-57(54)51-25-13-15-28-56(51)66-61)58-52(38-37-50-49-24-12-14-27-55(49)65-60(50)58)63(53,43-19-6-4-7-20-43)44-21-8-5-9-22-44/h4-39H,1-3H3. The van der Waals surface area contributed by atoms with Gasteiger partial charge in [-0.1, -0.05) is 197 Å². The Hall–Kier alpha value is -8.14. The molecule has 0 N–H and O–H groups in total. The van der Waals surface area contributed by atoms with Gasteiger partial charge in [0.1, 0.15) is 22.3 Å². The van der Waals surface area contributed by atoms with E-state index >= 15 is 0 Å². The molecule has 10 aromatic carbocycles. The molecule has 66 heavy (non-hydrogen) atoms. The molecule has 0 atom stereocenters. The summed E-state index contributed by atoms with van der Waals surface area (Å²) in [6.45, 7) is 6.82. The maximum absolute atomic E-state index is 7.32. The van der Waals surface area contributed by atoms with Gasteiger partial charge >= 0.3 is 0 Å². The molecular weight excluding hydrogens is 803 g/mol. The number of fused-ring (bicyclic) bond motifs is 12. The van der Waals surface area contributed by atoms with Crippen LogP contribution in [0, 0.1) is 0 Å². The summed E-state index contributed by atoms with van der Waals surface area (Å²) >= 11 is 0. The lowest BCUT2D eigenvalue weighted by molar-refractivity contribution is 0.590. The van der Waals surface area contributed by atoms with Gasteiger partial charge in [0.25, 0.3) is 0 Å². The summed E-state index contributed by atoms with van der Waals surface area (Å²) in [6.07, 6.45) is 0. The quantitative estimate of drug-likeness (QED) is 0.167. The van der Waals surface area contributed by atoms with Crippen molar-refractivity contribution in [2.45, 2.75) is 31.6 Å². The van der Waals surface area contributed by atoms with Crippen molar-refractivity contribution >= 4 is 71.7 Å². The molecule has 12 aromatic rings. The third-order valence-electron chi connectivity index (χ3n) is 14.1. The van der Waals surface area contributed by atoms with Gasteiger partial charge in [-0.3, -0.25) is 0 Å². The minimum Gasteiger partial charge on any atom is -0.455 e. The van der Waals surface area contributed by atoms with Crippen LogP contribution < -0.4 is 4.90 Å². The average Bonchev–Trinajstić information content (AvgIpc) is 4.03. The van der Waals surface area contributed by atoms with Crippen molar-refractivity contribution in [2.75, 3.05) is 4.90 Å². The number of hydrogen-bond donors (Lipinski definition) is 0. The molecule has 314 valence electrons. The summed E-state index contributed by atoms with van der Waals surface area (Å²) in [7, 11) is 0. The molecule has 0 fully saturated rings. The third-order valence-corrected chi connectivity index (χ3v) is 14.1. The largest absolute Gasteiger partial charge is 0.455 e. The summed E-state index contributed by atoms with van der Waals surface area (Å²) in [5.41, 5.74) is 16.3. The second-order valence-corrected chi connectivity index (χ2v) is 18.8. The lowest BCUT2D eigenvalue weighted by Gasteiger charge is -2.35. The van der Waals surface area contributed by atoms with Gasteiger partial charge in [-0.25, -0.2) is 0 Å². The van der Waals surface area contributed by atoms with Gasteiger partial charge in [0.05, 0.1) is 16.5 Å². The van der Waals surface area contributed by atoms with Crippen molar-refractivity contribution in [1.29, 1.82) is 0 Å². The van der Waals surface area contributed by atoms with Crippen LogP contribution in [0.4, 0.5) is 17.1 Å². The monoisotopic (exact) mass is 847 g/mol. The van der Waals surface area contributed by atoms with Crippen LogP contribution in [0.25, 0.3) is 76.9 Å². The van der Waals surface area contributed by atoms with Gasteiger partial charge in [-0.2, -0.15) is 0 Å². The third kappa shape index (κ3) is 5.56. The Labute approximate surface area is 383 Å². The molecule has 0 radical (unpaired) electrons. The maximum Gasteiger partial charge on any atom is 0.145 e. The van der Waals surface area contributed by atoms with Crippen LogP contribution in [-0.2, 0) is 10.8 Å². The molecule has 0 bridgehead atoms. The van der Waals surface area contributed by atoms with Crippen LogP contribution in [-0.4, -0.2) is 0 Å². The van der Waals surface area contributed by atoms with Crippen LogP contribution in [0.1, 0.15) is 48.6 Å². The minimum absolute atomic E-state index is 0.0101. The smallest absolute Gasteiger partial charge is 0.145 e. The van der Waals surface area contributed by atoms with Crippen molar-refractivity contribution < 1.29 is 8.83 Å². The van der Waals surface area contributed by atoms with E-state index in [2.05, 4.69) is 244 Å². The molecule has 0 aliphatic heterocycles. The number of nitrogens with zero attached hydrogens (tertiary/aromatic N) is 1. The number of hydrogen-bond acceptors (Lipinski definition) is 3. The first-order valence-corrected chi connectivity index (χ1v) is 22.9. The van der Waals surface area contributed by atoms with Crippen LogP contribution >= 0.6 is 0 Å². The van der Waals surface area contributed by atoms with Gasteiger partial charge in [0, 0.05) is 38.7 Å². The van der Waals surface area contributed by atoms with E-state index in [0.29, 0.717) is 0 Å². The highest BCUT2D eigenvalue weighted by molar-refractivity contribution is 6.22. The molecular formula is C63H45NO2. The van der Waals surface area contributed by atoms with Crippen molar-refractivity contribution in [3.63, 3.8) is 0 Å². The summed E-state index contributed by atoms with van der Waals surface area (Å²) < 4.78 is 14.3. The SMILES string of the molecule is CC(C)(C)c1ccc(N(c2ccc(-c3cccc4ccccc34)cc2)c2cc3c(c4oc5ccccc5c24)-c2c(ccc4c2oc2ccccc24)C3(c2ccccc2)c2ccccc2)cc1. The highest BCUT2D eigenvalue weighted by Crippen LogP contribution is 2.62. The molecule has 3 nitrogen and oxygen atoms in total. The van der Waals surface area contributed by atoms with E-state index in [9.17, 15) is 0 Å². The molecule has 2 aromatic heterocycles. The second-order valence-electron chi connectivity index (χ2n) is 18.8. The normalized spacial score (nSPS) is 13.2. The molecule has 1 aliphatic carbocycles. The fourth-order valence-corrected chi connectivity index (χ4v) is 11.1. The predicted molar refractivity (Wildman–Crippen MR) is 275 cm³/mol. The fourth-order valence-electron chi connectivity index (χ4n) is 11.1. The topological polar surface area (TPSA) is 29.5 Å². The van der Waals surface area contributed by atoms with Crippen LogP contribution in [0.5, 0.6) is 0 Å². The van der Waals surface area contributed by atoms with Crippen LogP contribution in [0.15, 0.2) is 227 Å². The van der Waals surface area contributed by atoms with Crippen molar-refractivity contribution in [1.82, 2.24) is 0 Å². The number of furan rings is 2. The molecule has 0 amide bonds. The molecule has 0 unspecified atom stereocenters. The van der Waals surface area contributed by atoms with Crippen molar-refractivity contribution in [3.8, 4) is 22.3 Å². The summed E-state index contributed by atoms with van der Waals surface area (Å²) in [4.78, 5) is 2.45. The lowest BCUT2D eigenvalue weighted by atomic mass is 9.67. The predicted octanol–water partition coefficient (Wildman–Crippen LogP) is 17.4. The maximum atomic E-state index is 7.32. The van der Waals surface area contributed by atoms with Gasteiger partial charge in [-0.15, -0.1) is 0 Å². The number of benzene rings is 10. The molecule has 2 heterocycles. The summed E-state index contributed by atoms with van der Waals surface area (Å²) in [5.74, 6) is 0. The van der Waals surface area contributed by atoms with Crippen LogP contribution in [0.2, 0.25) is 0 Å². The van der Waals surface area contributed by atoms with Crippen molar-refractivity contribution in [3.05, 3.63) is 246 Å². The van der Waals surface area contributed by atoms with Gasteiger partial charge in [-0.05, 0) is 97.6 Å². The van der Waals surface area contributed by atoms with Crippen molar-refractivity contribution in [2.24, 2.45) is 0 Å². The zero-order valence-corrected chi connectivity index (χ0v) is 37.0.